The van der Waals surface area contributed by atoms with Crippen molar-refractivity contribution < 1.29 is 0 Å². The Morgan fingerprint density at radius 1 is 1.25 bits per heavy atom. The maximum atomic E-state index is 6.04. The summed E-state index contributed by atoms with van der Waals surface area (Å²) in [6.45, 7) is 1.98. The van der Waals surface area contributed by atoms with Crippen LogP contribution in [-0.4, -0.2) is 10.2 Å². The summed E-state index contributed by atoms with van der Waals surface area (Å²) in [6, 6.07) is 0. The molecule has 1 heterocycles. The molecule has 0 radical (unpaired) electrons. The normalized spacial score (nSPS) is 45.8. The highest BCUT2D eigenvalue weighted by Crippen LogP contribution is 2.73. The highest BCUT2D eigenvalue weighted by Gasteiger charge is 2.66. The van der Waals surface area contributed by atoms with E-state index in [4.69, 9.17) is 11.6 Å². The predicted molar refractivity (Wildman–Crippen MR) is 64.7 cm³/mol. The largest absolute Gasteiger partial charge is 0.143 e. The topological polar surface area (TPSA) is 25.8 Å². The van der Waals surface area contributed by atoms with Crippen molar-refractivity contribution in [2.45, 2.75) is 37.5 Å². The molecule has 3 fully saturated rings. The molecular formula is C12H15ClN2S. The average molecular weight is 255 g/mol. The van der Waals surface area contributed by atoms with Crippen LogP contribution in [0.5, 0.6) is 0 Å². The van der Waals surface area contributed by atoms with Crippen LogP contribution in [0.3, 0.4) is 0 Å². The summed E-state index contributed by atoms with van der Waals surface area (Å²) in [5, 5.41) is 10.9. The van der Waals surface area contributed by atoms with Crippen molar-refractivity contribution in [1.29, 1.82) is 0 Å². The lowest BCUT2D eigenvalue weighted by molar-refractivity contribution is 0.456. The van der Waals surface area contributed by atoms with E-state index in [0.29, 0.717) is 0 Å². The molecule has 4 heteroatoms. The molecule has 1 aromatic rings. The minimum absolute atomic E-state index is 0.0153. The van der Waals surface area contributed by atoms with Crippen molar-refractivity contribution in [2.24, 2.45) is 23.7 Å². The van der Waals surface area contributed by atoms with E-state index in [9.17, 15) is 0 Å². The molecule has 0 aromatic carbocycles. The fourth-order valence-corrected chi connectivity index (χ4v) is 5.36. The summed E-state index contributed by atoms with van der Waals surface area (Å²) < 4.78 is 0. The summed E-state index contributed by atoms with van der Waals surface area (Å²) in [5.74, 6) is 4.71. The monoisotopic (exact) mass is 254 g/mol. The molecule has 0 aliphatic heterocycles. The number of hydrogen-bond donors (Lipinski definition) is 0. The minimum Gasteiger partial charge on any atom is -0.143 e. The molecule has 3 saturated carbocycles. The summed E-state index contributed by atoms with van der Waals surface area (Å²) in [6.07, 6.45) is 4.45. The van der Waals surface area contributed by atoms with E-state index in [-0.39, 0.29) is 5.38 Å². The van der Waals surface area contributed by atoms with Crippen LogP contribution in [0.1, 0.15) is 47.5 Å². The van der Waals surface area contributed by atoms with Crippen LogP contribution in [0.25, 0.3) is 0 Å². The first-order chi connectivity index (χ1) is 7.75. The Bertz CT molecular complexity index is 414. The van der Waals surface area contributed by atoms with Gasteiger partial charge >= 0.3 is 0 Å². The Kier molecular flexibility index (Phi) is 1.97. The van der Waals surface area contributed by atoms with Crippen LogP contribution in [0.15, 0.2) is 0 Å². The summed E-state index contributed by atoms with van der Waals surface area (Å²) in [4.78, 5) is 0. The van der Waals surface area contributed by atoms with Gasteiger partial charge in [0.25, 0.3) is 0 Å². The number of fused-ring (bicyclic) bond motifs is 5. The third kappa shape index (κ3) is 1.19. The molecule has 3 aliphatic rings. The van der Waals surface area contributed by atoms with Gasteiger partial charge in [0, 0.05) is 5.92 Å². The van der Waals surface area contributed by atoms with E-state index in [0.717, 1.165) is 34.6 Å². The van der Waals surface area contributed by atoms with Gasteiger partial charge in [-0.05, 0) is 49.9 Å². The van der Waals surface area contributed by atoms with Gasteiger partial charge in [-0.15, -0.1) is 21.8 Å². The second kappa shape index (κ2) is 3.20. The molecule has 86 valence electrons. The predicted octanol–water partition coefficient (Wildman–Crippen LogP) is 3.60. The first-order valence-electron chi connectivity index (χ1n) is 6.23. The molecule has 2 bridgehead atoms. The van der Waals surface area contributed by atoms with Crippen molar-refractivity contribution >= 4 is 22.9 Å². The first kappa shape index (κ1) is 9.84. The van der Waals surface area contributed by atoms with Gasteiger partial charge in [0.15, 0.2) is 0 Å². The molecule has 0 saturated heterocycles. The smallest absolute Gasteiger partial charge is 0.135 e. The standard InChI is InChI=1S/C12H15ClN2S/c1-5(13)11-14-15-12(16-11)10-8-6-2-3-7(4-6)9(8)10/h5-10H,2-4H2,1H3. The first-order valence-corrected chi connectivity index (χ1v) is 7.48. The number of alkyl halides is 1. The Labute approximate surface area is 104 Å². The summed E-state index contributed by atoms with van der Waals surface area (Å²) >= 11 is 7.79. The van der Waals surface area contributed by atoms with Crippen molar-refractivity contribution in [1.82, 2.24) is 10.2 Å². The molecular weight excluding hydrogens is 240 g/mol. The fourth-order valence-electron chi connectivity index (χ4n) is 4.20. The van der Waals surface area contributed by atoms with E-state index >= 15 is 0 Å². The minimum atomic E-state index is 0.0153. The van der Waals surface area contributed by atoms with Gasteiger partial charge < -0.3 is 0 Å². The zero-order valence-corrected chi connectivity index (χ0v) is 10.8. The van der Waals surface area contributed by atoms with Gasteiger partial charge in [-0.25, -0.2) is 0 Å². The molecule has 1 aromatic heterocycles. The van der Waals surface area contributed by atoms with Gasteiger partial charge in [-0.2, -0.15) is 0 Å². The highest BCUT2D eigenvalue weighted by atomic mass is 35.5. The third-order valence-electron chi connectivity index (χ3n) is 4.82. The van der Waals surface area contributed by atoms with E-state index < -0.39 is 0 Å². The average Bonchev–Trinajstić information content (AvgIpc) is 2.74. The van der Waals surface area contributed by atoms with Crippen molar-refractivity contribution in [3.63, 3.8) is 0 Å². The van der Waals surface area contributed by atoms with E-state index in [1.807, 2.05) is 6.92 Å². The molecule has 5 unspecified atom stereocenters. The number of halogens is 1. The van der Waals surface area contributed by atoms with Crippen LogP contribution in [0, 0.1) is 23.7 Å². The second-order valence-corrected chi connectivity index (χ2v) is 7.30. The van der Waals surface area contributed by atoms with Crippen molar-refractivity contribution in [2.75, 3.05) is 0 Å². The van der Waals surface area contributed by atoms with E-state index in [1.54, 1.807) is 11.3 Å². The molecule has 5 atom stereocenters. The molecule has 2 nitrogen and oxygen atoms in total. The summed E-state index contributed by atoms with van der Waals surface area (Å²) in [7, 11) is 0. The maximum absolute atomic E-state index is 6.04. The number of aromatic nitrogens is 2. The Balaban J connectivity index is 1.59. The lowest BCUT2D eigenvalue weighted by Crippen LogP contribution is -1.96. The number of rotatable bonds is 2. The zero-order valence-electron chi connectivity index (χ0n) is 9.27. The van der Waals surface area contributed by atoms with E-state index in [1.165, 1.54) is 24.3 Å². The third-order valence-corrected chi connectivity index (χ3v) is 6.36. The Morgan fingerprint density at radius 3 is 2.50 bits per heavy atom. The molecule has 0 spiro atoms. The second-order valence-electron chi connectivity index (χ2n) is 5.61. The number of hydrogen-bond acceptors (Lipinski definition) is 3. The van der Waals surface area contributed by atoms with Crippen LogP contribution >= 0.6 is 22.9 Å². The van der Waals surface area contributed by atoms with Crippen LogP contribution in [0.4, 0.5) is 0 Å². The lowest BCUT2D eigenvalue weighted by atomic mass is 10.0. The SMILES string of the molecule is CC(Cl)c1nnc(C2C3C4CCC(C4)C23)s1. The van der Waals surface area contributed by atoms with Crippen LogP contribution in [-0.2, 0) is 0 Å². The van der Waals surface area contributed by atoms with Crippen molar-refractivity contribution in [3.8, 4) is 0 Å². The summed E-state index contributed by atoms with van der Waals surface area (Å²) in [5.41, 5.74) is 0. The van der Waals surface area contributed by atoms with Gasteiger partial charge in [0.2, 0.25) is 0 Å². The molecule has 0 N–H and O–H groups in total. The van der Waals surface area contributed by atoms with Gasteiger partial charge in [-0.1, -0.05) is 11.3 Å². The Morgan fingerprint density at radius 2 is 1.94 bits per heavy atom. The van der Waals surface area contributed by atoms with Gasteiger partial charge in [0.05, 0.1) is 5.38 Å². The number of nitrogens with zero attached hydrogens (tertiary/aromatic N) is 2. The van der Waals surface area contributed by atoms with Crippen LogP contribution < -0.4 is 0 Å². The highest BCUT2D eigenvalue weighted by molar-refractivity contribution is 7.11. The maximum Gasteiger partial charge on any atom is 0.135 e. The van der Waals surface area contributed by atoms with Crippen LogP contribution in [0.2, 0.25) is 0 Å². The molecule has 16 heavy (non-hydrogen) atoms. The lowest BCUT2D eigenvalue weighted by Gasteiger charge is -2.04. The zero-order chi connectivity index (χ0) is 10.9. The fraction of sp³-hybridized carbons (Fsp3) is 0.833. The van der Waals surface area contributed by atoms with Crippen molar-refractivity contribution in [3.05, 3.63) is 10.0 Å². The quantitative estimate of drug-likeness (QED) is 0.754. The van der Waals surface area contributed by atoms with Gasteiger partial charge in [-0.3, -0.25) is 0 Å². The molecule has 3 aliphatic carbocycles. The van der Waals surface area contributed by atoms with Gasteiger partial charge in [0.1, 0.15) is 10.0 Å². The Hall–Kier alpha value is -0.150. The molecule has 0 amide bonds. The van der Waals surface area contributed by atoms with E-state index in [2.05, 4.69) is 10.2 Å². The molecule has 4 rings (SSSR count).